The van der Waals surface area contributed by atoms with Crippen LogP contribution in [0.25, 0.3) is 0 Å². The van der Waals surface area contributed by atoms with Crippen LogP contribution in [0.3, 0.4) is 0 Å². The van der Waals surface area contributed by atoms with Crippen LogP contribution >= 0.6 is 0 Å². The molecular weight excluding hydrogens is 294 g/mol. The Balaban J connectivity index is 1.92. The third-order valence-corrected chi connectivity index (χ3v) is 4.22. The van der Waals surface area contributed by atoms with E-state index in [9.17, 15) is 9.59 Å². The first-order chi connectivity index (χ1) is 11.1. The second kappa shape index (κ2) is 8.08. The Morgan fingerprint density at radius 2 is 1.83 bits per heavy atom. The number of ether oxygens (including phenoxy) is 1. The largest absolute Gasteiger partial charge is 0.368 e. The SMILES string of the molecule is CCNC(=O)c1ccc(CNC(=O)C2(OC)CCNCC2)cc1. The molecule has 0 aliphatic carbocycles. The number of methoxy groups -OCH3 is 1. The van der Waals surface area contributed by atoms with E-state index in [1.807, 2.05) is 19.1 Å². The van der Waals surface area contributed by atoms with E-state index in [0.29, 0.717) is 31.5 Å². The molecule has 0 aromatic heterocycles. The lowest BCUT2D eigenvalue weighted by Gasteiger charge is -2.34. The Bertz CT molecular complexity index is 537. The predicted octanol–water partition coefficient (Wildman–Crippen LogP) is 0.821. The minimum atomic E-state index is -0.730. The Hall–Kier alpha value is -1.92. The third-order valence-electron chi connectivity index (χ3n) is 4.22. The van der Waals surface area contributed by atoms with Gasteiger partial charge in [0.25, 0.3) is 11.8 Å². The number of hydrogen-bond acceptors (Lipinski definition) is 4. The maximum Gasteiger partial charge on any atom is 0.252 e. The van der Waals surface area contributed by atoms with Crippen LogP contribution in [0.4, 0.5) is 0 Å². The highest BCUT2D eigenvalue weighted by Crippen LogP contribution is 2.22. The molecule has 1 saturated heterocycles. The molecule has 2 rings (SSSR count). The van der Waals surface area contributed by atoms with E-state index in [1.54, 1.807) is 19.2 Å². The molecule has 1 heterocycles. The second-order valence-electron chi connectivity index (χ2n) is 5.69. The molecule has 126 valence electrons. The molecule has 0 atom stereocenters. The molecule has 1 aromatic rings. The number of carbonyl (C=O) groups is 2. The van der Waals surface area contributed by atoms with Crippen molar-refractivity contribution >= 4 is 11.8 Å². The van der Waals surface area contributed by atoms with Crippen molar-refractivity contribution in [2.24, 2.45) is 0 Å². The summed E-state index contributed by atoms with van der Waals surface area (Å²) in [6.45, 7) is 4.47. The zero-order valence-electron chi connectivity index (χ0n) is 13.8. The van der Waals surface area contributed by atoms with Crippen molar-refractivity contribution in [1.82, 2.24) is 16.0 Å². The first kappa shape index (κ1) is 17.4. The molecule has 23 heavy (non-hydrogen) atoms. The molecule has 0 saturated carbocycles. The van der Waals surface area contributed by atoms with E-state index in [4.69, 9.17) is 4.74 Å². The molecule has 6 heteroatoms. The van der Waals surface area contributed by atoms with Crippen molar-refractivity contribution in [1.29, 1.82) is 0 Å². The molecule has 1 fully saturated rings. The molecule has 1 aromatic carbocycles. The maximum absolute atomic E-state index is 12.5. The van der Waals surface area contributed by atoms with Crippen LogP contribution in [0.5, 0.6) is 0 Å². The van der Waals surface area contributed by atoms with Crippen LogP contribution in [-0.2, 0) is 16.1 Å². The van der Waals surface area contributed by atoms with Gasteiger partial charge in [0.1, 0.15) is 5.60 Å². The van der Waals surface area contributed by atoms with Crippen LogP contribution in [0.2, 0.25) is 0 Å². The number of piperidine rings is 1. The van der Waals surface area contributed by atoms with Crippen molar-refractivity contribution in [3.63, 3.8) is 0 Å². The van der Waals surface area contributed by atoms with E-state index in [1.165, 1.54) is 0 Å². The van der Waals surface area contributed by atoms with E-state index in [2.05, 4.69) is 16.0 Å². The summed E-state index contributed by atoms with van der Waals surface area (Å²) >= 11 is 0. The summed E-state index contributed by atoms with van der Waals surface area (Å²) in [5, 5.41) is 8.93. The molecule has 0 radical (unpaired) electrons. The van der Waals surface area contributed by atoms with Crippen molar-refractivity contribution in [2.75, 3.05) is 26.7 Å². The van der Waals surface area contributed by atoms with Crippen LogP contribution < -0.4 is 16.0 Å². The topological polar surface area (TPSA) is 79.5 Å². The van der Waals surface area contributed by atoms with E-state index >= 15 is 0 Å². The fourth-order valence-corrected chi connectivity index (χ4v) is 2.73. The summed E-state index contributed by atoms with van der Waals surface area (Å²) < 4.78 is 5.50. The summed E-state index contributed by atoms with van der Waals surface area (Å²) in [5.74, 6) is -0.162. The van der Waals surface area contributed by atoms with Crippen molar-refractivity contribution in [3.05, 3.63) is 35.4 Å². The number of benzene rings is 1. The standard InChI is InChI=1S/C17H25N3O3/c1-3-19-15(21)14-6-4-13(5-7-14)12-20-16(22)17(23-2)8-10-18-11-9-17/h4-7,18H,3,8-12H2,1-2H3,(H,19,21)(H,20,22). The lowest BCUT2D eigenvalue weighted by atomic mass is 9.91. The molecular formula is C17H25N3O3. The molecule has 2 amide bonds. The van der Waals surface area contributed by atoms with Gasteiger partial charge in [0.05, 0.1) is 0 Å². The van der Waals surface area contributed by atoms with Gasteiger partial charge in [-0.2, -0.15) is 0 Å². The van der Waals surface area contributed by atoms with Gasteiger partial charge >= 0.3 is 0 Å². The fraction of sp³-hybridized carbons (Fsp3) is 0.529. The quantitative estimate of drug-likeness (QED) is 0.725. The molecule has 0 spiro atoms. The number of hydrogen-bond donors (Lipinski definition) is 3. The molecule has 1 aliphatic rings. The van der Waals surface area contributed by atoms with Gasteiger partial charge in [-0.3, -0.25) is 9.59 Å². The van der Waals surface area contributed by atoms with Gasteiger partial charge in [-0.05, 0) is 50.6 Å². The number of rotatable bonds is 6. The summed E-state index contributed by atoms with van der Waals surface area (Å²) in [7, 11) is 1.59. The fourth-order valence-electron chi connectivity index (χ4n) is 2.73. The van der Waals surface area contributed by atoms with E-state index < -0.39 is 5.60 Å². The smallest absolute Gasteiger partial charge is 0.252 e. The van der Waals surface area contributed by atoms with Gasteiger partial charge in [0.2, 0.25) is 0 Å². The van der Waals surface area contributed by atoms with Crippen LogP contribution in [0.15, 0.2) is 24.3 Å². The number of carbonyl (C=O) groups excluding carboxylic acids is 2. The van der Waals surface area contributed by atoms with Crippen molar-refractivity contribution in [2.45, 2.75) is 31.9 Å². The Kier molecular flexibility index (Phi) is 6.12. The van der Waals surface area contributed by atoms with E-state index in [0.717, 1.165) is 18.7 Å². The maximum atomic E-state index is 12.5. The third kappa shape index (κ3) is 4.30. The molecule has 6 nitrogen and oxygen atoms in total. The summed E-state index contributed by atoms with van der Waals surface area (Å²) in [6, 6.07) is 7.24. The second-order valence-corrected chi connectivity index (χ2v) is 5.69. The van der Waals surface area contributed by atoms with Gasteiger partial charge in [0, 0.05) is 25.8 Å². The van der Waals surface area contributed by atoms with Crippen molar-refractivity contribution in [3.8, 4) is 0 Å². The zero-order chi connectivity index (χ0) is 16.7. The Labute approximate surface area is 137 Å². The Morgan fingerprint density at radius 1 is 1.17 bits per heavy atom. The lowest BCUT2D eigenvalue weighted by Crippen LogP contribution is -2.53. The molecule has 0 bridgehead atoms. The lowest BCUT2D eigenvalue weighted by molar-refractivity contribution is -0.146. The summed E-state index contributed by atoms with van der Waals surface area (Å²) in [5.41, 5.74) is 0.840. The Morgan fingerprint density at radius 3 is 2.39 bits per heavy atom. The first-order valence-corrected chi connectivity index (χ1v) is 8.02. The minimum absolute atomic E-state index is 0.0747. The van der Waals surface area contributed by atoms with Crippen molar-refractivity contribution < 1.29 is 14.3 Å². The summed E-state index contributed by atoms with van der Waals surface area (Å²) in [6.07, 6.45) is 1.34. The van der Waals surface area contributed by atoms with Gasteiger partial charge in [-0.1, -0.05) is 12.1 Å². The van der Waals surface area contributed by atoms with Gasteiger partial charge < -0.3 is 20.7 Å². The average molecular weight is 319 g/mol. The number of amides is 2. The van der Waals surface area contributed by atoms with Gasteiger partial charge in [-0.15, -0.1) is 0 Å². The predicted molar refractivity (Wildman–Crippen MR) is 88.1 cm³/mol. The molecule has 0 unspecified atom stereocenters. The molecule has 1 aliphatic heterocycles. The van der Waals surface area contributed by atoms with Crippen LogP contribution in [-0.4, -0.2) is 44.2 Å². The average Bonchev–Trinajstić information content (AvgIpc) is 2.60. The van der Waals surface area contributed by atoms with Crippen LogP contribution in [0.1, 0.15) is 35.7 Å². The first-order valence-electron chi connectivity index (χ1n) is 8.02. The minimum Gasteiger partial charge on any atom is -0.368 e. The molecule has 3 N–H and O–H groups in total. The van der Waals surface area contributed by atoms with Gasteiger partial charge in [-0.25, -0.2) is 0 Å². The summed E-state index contributed by atoms with van der Waals surface area (Å²) in [4.78, 5) is 24.2. The highest BCUT2D eigenvalue weighted by Gasteiger charge is 2.39. The monoisotopic (exact) mass is 319 g/mol. The van der Waals surface area contributed by atoms with Gasteiger partial charge in [0.15, 0.2) is 0 Å². The van der Waals surface area contributed by atoms with E-state index in [-0.39, 0.29) is 11.8 Å². The zero-order valence-corrected chi connectivity index (χ0v) is 13.8. The normalized spacial score (nSPS) is 16.6. The van der Waals surface area contributed by atoms with Crippen LogP contribution in [0, 0.1) is 0 Å². The highest BCUT2D eigenvalue weighted by atomic mass is 16.5. The number of nitrogens with one attached hydrogen (secondary N) is 3. The highest BCUT2D eigenvalue weighted by molar-refractivity contribution is 5.94.